The standard InChI is InChI=1S/C19H16N2O3/c1-24-18(23)17-16(15(22)12-21-20)19(17,13-8-4-2-5-9-13)14-10-6-3-7-11-14/h2-12,16-17H,1H3/t16-,17-/m1/s1. The minimum atomic E-state index is -0.812. The molecule has 5 nitrogen and oxygen atoms in total. The van der Waals surface area contributed by atoms with Gasteiger partial charge in [-0.2, -0.15) is 4.79 Å². The van der Waals surface area contributed by atoms with Crippen molar-refractivity contribution < 1.29 is 19.1 Å². The van der Waals surface area contributed by atoms with Gasteiger partial charge in [-0.05, 0) is 11.1 Å². The summed E-state index contributed by atoms with van der Waals surface area (Å²) in [7, 11) is 1.31. The SMILES string of the molecule is COC(=O)[C@H]1[C@@H](C(=O)C=[N+]=[N-])C1(c1ccccc1)c1ccccc1. The predicted molar refractivity (Wildman–Crippen MR) is 87.4 cm³/mol. The van der Waals surface area contributed by atoms with Crippen LogP contribution in [0, 0.1) is 11.8 Å². The molecule has 3 rings (SSSR count). The highest BCUT2D eigenvalue weighted by Crippen LogP contribution is 2.64. The molecular weight excluding hydrogens is 304 g/mol. The van der Waals surface area contributed by atoms with E-state index in [1.807, 2.05) is 60.7 Å². The van der Waals surface area contributed by atoms with E-state index in [1.54, 1.807) is 0 Å². The molecule has 0 N–H and O–H groups in total. The van der Waals surface area contributed by atoms with Crippen molar-refractivity contribution in [2.24, 2.45) is 11.8 Å². The van der Waals surface area contributed by atoms with Gasteiger partial charge in [-0.1, -0.05) is 60.7 Å². The van der Waals surface area contributed by atoms with Gasteiger partial charge in [0.1, 0.15) is 0 Å². The molecule has 0 aliphatic heterocycles. The van der Waals surface area contributed by atoms with Gasteiger partial charge in [-0.3, -0.25) is 9.59 Å². The average Bonchev–Trinajstić information content (AvgIpc) is 3.34. The number of benzene rings is 2. The van der Waals surface area contributed by atoms with Crippen LogP contribution in [0.4, 0.5) is 0 Å². The molecule has 5 heteroatoms. The monoisotopic (exact) mass is 320 g/mol. The second-order valence-electron chi connectivity index (χ2n) is 5.73. The number of ketones is 1. The first-order valence-electron chi connectivity index (χ1n) is 7.58. The van der Waals surface area contributed by atoms with E-state index < -0.39 is 29.0 Å². The van der Waals surface area contributed by atoms with Crippen LogP contribution in [0.5, 0.6) is 0 Å². The molecule has 1 aliphatic rings. The van der Waals surface area contributed by atoms with Crippen LogP contribution in [0.25, 0.3) is 5.53 Å². The minimum Gasteiger partial charge on any atom is -0.469 e. The van der Waals surface area contributed by atoms with E-state index in [-0.39, 0.29) is 0 Å². The largest absolute Gasteiger partial charge is 0.469 e. The molecule has 0 radical (unpaired) electrons. The molecule has 0 amide bonds. The molecule has 2 aromatic carbocycles. The van der Waals surface area contributed by atoms with Crippen LogP contribution < -0.4 is 0 Å². The zero-order chi connectivity index (χ0) is 17.2. The predicted octanol–water partition coefficient (Wildman–Crippen LogP) is 2.26. The fourth-order valence-electron chi connectivity index (χ4n) is 3.68. The summed E-state index contributed by atoms with van der Waals surface area (Å²) < 4.78 is 4.93. The Labute approximate surface area is 139 Å². The van der Waals surface area contributed by atoms with Crippen molar-refractivity contribution in [1.82, 2.24) is 0 Å². The summed E-state index contributed by atoms with van der Waals surface area (Å²) >= 11 is 0. The van der Waals surface area contributed by atoms with Crippen molar-refractivity contribution in [2.75, 3.05) is 7.11 Å². The maximum Gasteiger partial charge on any atom is 0.323 e. The molecule has 1 fully saturated rings. The smallest absolute Gasteiger partial charge is 0.323 e. The van der Waals surface area contributed by atoms with Crippen molar-refractivity contribution in [2.45, 2.75) is 5.41 Å². The van der Waals surface area contributed by atoms with Crippen LogP contribution in [0.2, 0.25) is 0 Å². The molecule has 0 spiro atoms. The molecule has 1 aliphatic carbocycles. The van der Waals surface area contributed by atoms with E-state index >= 15 is 0 Å². The average molecular weight is 320 g/mol. The Morgan fingerprint density at radius 3 is 1.92 bits per heavy atom. The fraction of sp³-hybridized carbons (Fsp3) is 0.211. The van der Waals surface area contributed by atoms with Gasteiger partial charge in [0.15, 0.2) is 0 Å². The first-order chi connectivity index (χ1) is 11.7. The first kappa shape index (κ1) is 15.8. The maximum atomic E-state index is 12.5. The van der Waals surface area contributed by atoms with Gasteiger partial charge in [0, 0.05) is 5.41 Å². The van der Waals surface area contributed by atoms with Gasteiger partial charge < -0.3 is 10.3 Å². The molecule has 0 bridgehead atoms. The Bertz CT molecular complexity index is 772. The molecule has 0 heterocycles. The van der Waals surface area contributed by atoms with E-state index in [1.165, 1.54) is 7.11 Å². The normalized spacial score (nSPS) is 20.5. The van der Waals surface area contributed by atoms with Crippen LogP contribution in [0.15, 0.2) is 60.7 Å². The molecule has 1 saturated carbocycles. The molecule has 0 saturated heterocycles. The lowest BCUT2D eigenvalue weighted by molar-refractivity contribution is -0.143. The van der Waals surface area contributed by atoms with Crippen LogP contribution in [0.3, 0.4) is 0 Å². The highest BCUT2D eigenvalue weighted by atomic mass is 16.5. The first-order valence-corrected chi connectivity index (χ1v) is 7.58. The van der Waals surface area contributed by atoms with Gasteiger partial charge >= 0.3 is 12.2 Å². The molecule has 120 valence electrons. The summed E-state index contributed by atoms with van der Waals surface area (Å²) in [5, 5.41) is 0. The second kappa shape index (κ2) is 6.22. The van der Waals surface area contributed by atoms with Crippen LogP contribution in [-0.2, 0) is 19.7 Å². The lowest BCUT2D eigenvalue weighted by atomic mass is 9.83. The van der Waals surface area contributed by atoms with E-state index in [4.69, 9.17) is 10.3 Å². The summed E-state index contributed by atoms with van der Waals surface area (Å²) in [6, 6.07) is 18.8. The lowest BCUT2D eigenvalue weighted by Gasteiger charge is -2.19. The molecular formula is C19H16N2O3. The Morgan fingerprint density at radius 1 is 1.00 bits per heavy atom. The Morgan fingerprint density at radius 2 is 1.50 bits per heavy atom. The third-order valence-corrected chi connectivity index (χ3v) is 4.65. The zero-order valence-corrected chi connectivity index (χ0v) is 13.1. The number of ether oxygens (including phenoxy) is 1. The van der Waals surface area contributed by atoms with Gasteiger partial charge in [0.2, 0.25) is 5.78 Å². The van der Waals surface area contributed by atoms with Crippen LogP contribution in [0.1, 0.15) is 11.1 Å². The quantitative estimate of drug-likeness (QED) is 0.367. The Hall–Kier alpha value is -3.04. The second-order valence-corrected chi connectivity index (χ2v) is 5.73. The number of esters is 1. The van der Waals surface area contributed by atoms with E-state index in [9.17, 15) is 9.59 Å². The highest BCUT2D eigenvalue weighted by Gasteiger charge is 2.73. The van der Waals surface area contributed by atoms with Crippen molar-refractivity contribution in [3.63, 3.8) is 0 Å². The number of Topliss-reactive ketones (excluding diaryl/α,β-unsaturated/α-hetero) is 1. The topological polar surface area (TPSA) is 79.8 Å². The van der Waals surface area contributed by atoms with E-state index in [0.29, 0.717) is 0 Å². The Balaban J connectivity index is 2.22. The number of carbonyl (C=O) groups is 2. The van der Waals surface area contributed by atoms with E-state index in [2.05, 4.69) is 4.79 Å². The van der Waals surface area contributed by atoms with Gasteiger partial charge in [-0.15, -0.1) is 0 Å². The highest BCUT2D eigenvalue weighted by molar-refractivity contribution is 6.29. The number of carbonyl (C=O) groups excluding carboxylic acids is 2. The number of methoxy groups -OCH3 is 1. The number of hydrogen-bond donors (Lipinski definition) is 0. The van der Waals surface area contributed by atoms with Gasteiger partial charge in [0.05, 0.1) is 18.9 Å². The van der Waals surface area contributed by atoms with Crippen molar-refractivity contribution in [3.05, 3.63) is 77.3 Å². The number of nitrogens with zero attached hydrogens (tertiary/aromatic N) is 2. The molecule has 2 atom stereocenters. The molecule has 2 aromatic rings. The maximum absolute atomic E-state index is 12.5. The van der Waals surface area contributed by atoms with Crippen molar-refractivity contribution in [3.8, 4) is 0 Å². The van der Waals surface area contributed by atoms with Gasteiger partial charge in [-0.25, -0.2) is 0 Å². The molecule has 0 aromatic heterocycles. The number of rotatable bonds is 5. The van der Waals surface area contributed by atoms with Gasteiger partial charge in [0.25, 0.3) is 0 Å². The Kier molecular flexibility index (Phi) is 4.11. The summed E-state index contributed by atoms with van der Waals surface area (Å²) in [4.78, 5) is 27.7. The number of hydrogen-bond acceptors (Lipinski definition) is 3. The summed E-state index contributed by atoms with van der Waals surface area (Å²) in [6.07, 6.45) is 0.855. The van der Waals surface area contributed by atoms with Crippen molar-refractivity contribution in [1.29, 1.82) is 0 Å². The van der Waals surface area contributed by atoms with Crippen LogP contribution >= 0.6 is 0 Å². The van der Waals surface area contributed by atoms with Crippen LogP contribution in [-0.4, -0.2) is 29.9 Å². The zero-order valence-electron chi connectivity index (χ0n) is 13.1. The fourth-order valence-corrected chi connectivity index (χ4v) is 3.68. The summed E-state index contributed by atoms with van der Waals surface area (Å²) in [5.74, 6) is -2.17. The third-order valence-electron chi connectivity index (χ3n) is 4.65. The molecule has 0 unspecified atom stereocenters. The summed E-state index contributed by atoms with van der Waals surface area (Å²) in [6.45, 7) is 0. The minimum absolute atomic E-state index is 0.402. The molecule has 24 heavy (non-hydrogen) atoms. The summed E-state index contributed by atoms with van der Waals surface area (Å²) in [5.41, 5.74) is 9.64. The van der Waals surface area contributed by atoms with E-state index in [0.717, 1.165) is 17.3 Å². The van der Waals surface area contributed by atoms with Crippen molar-refractivity contribution >= 4 is 18.0 Å². The lowest BCUT2D eigenvalue weighted by Crippen LogP contribution is -2.19. The third kappa shape index (κ3) is 2.27.